The van der Waals surface area contributed by atoms with Gasteiger partial charge in [0, 0.05) is 13.2 Å². The number of rotatable bonds is 6. The van der Waals surface area contributed by atoms with Crippen molar-refractivity contribution in [2.24, 2.45) is 0 Å². The SMILES string of the molecule is CCNc1ncnc(Oc2ccc(CCO)cc2)c1Br. The lowest BCUT2D eigenvalue weighted by atomic mass is 10.1. The summed E-state index contributed by atoms with van der Waals surface area (Å²) in [6, 6.07) is 7.55. The summed E-state index contributed by atoms with van der Waals surface area (Å²) >= 11 is 3.43. The molecule has 0 radical (unpaired) electrons. The van der Waals surface area contributed by atoms with Crippen LogP contribution in [0.5, 0.6) is 11.6 Å². The molecule has 0 aliphatic carbocycles. The lowest BCUT2D eigenvalue weighted by Crippen LogP contribution is -2.02. The van der Waals surface area contributed by atoms with Crippen molar-refractivity contribution in [2.45, 2.75) is 13.3 Å². The molecular weight excluding hydrogens is 322 g/mol. The molecule has 106 valence electrons. The molecule has 2 aromatic rings. The van der Waals surface area contributed by atoms with E-state index in [4.69, 9.17) is 9.84 Å². The summed E-state index contributed by atoms with van der Waals surface area (Å²) < 4.78 is 6.42. The zero-order valence-corrected chi connectivity index (χ0v) is 12.7. The molecule has 2 N–H and O–H groups in total. The molecule has 6 heteroatoms. The third-order valence-electron chi connectivity index (χ3n) is 2.64. The highest BCUT2D eigenvalue weighted by molar-refractivity contribution is 9.10. The Balaban J connectivity index is 2.15. The van der Waals surface area contributed by atoms with Gasteiger partial charge in [-0.2, -0.15) is 0 Å². The summed E-state index contributed by atoms with van der Waals surface area (Å²) in [6.45, 7) is 2.91. The molecule has 0 saturated carbocycles. The van der Waals surface area contributed by atoms with Crippen LogP contribution in [0.2, 0.25) is 0 Å². The van der Waals surface area contributed by atoms with E-state index in [2.05, 4.69) is 31.2 Å². The van der Waals surface area contributed by atoms with Crippen molar-refractivity contribution in [2.75, 3.05) is 18.5 Å². The van der Waals surface area contributed by atoms with Crippen LogP contribution in [-0.4, -0.2) is 28.2 Å². The average molecular weight is 338 g/mol. The van der Waals surface area contributed by atoms with Gasteiger partial charge in [0.15, 0.2) is 0 Å². The van der Waals surface area contributed by atoms with Crippen molar-refractivity contribution in [3.8, 4) is 11.6 Å². The molecule has 0 aliphatic rings. The van der Waals surface area contributed by atoms with Gasteiger partial charge in [0.1, 0.15) is 22.4 Å². The lowest BCUT2D eigenvalue weighted by molar-refractivity contribution is 0.299. The number of aromatic nitrogens is 2. The first-order chi connectivity index (χ1) is 9.74. The van der Waals surface area contributed by atoms with E-state index < -0.39 is 0 Å². The Morgan fingerprint density at radius 3 is 2.65 bits per heavy atom. The van der Waals surface area contributed by atoms with Crippen molar-refractivity contribution in [1.82, 2.24) is 9.97 Å². The molecule has 0 unspecified atom stereocenters. The second-order valence-corrected chi connectivity index (χ2v) is 4.88. The second-order valence-electron chi connectivity index (χ2n) is 4.09. The molecule has 20 heavy (non-hydrogen) atoms. The predicted octanol–water partition coefficient (Wildman–Crippen LogP) is 3.00. The largest absolute Gasteiger partial charge is 0.438 e. The van der Waals surface area contributed by atoms with Crippen molar-refractivity contribution in [1.29, 1.82) is 0 Å². The third-order valence-corrected chi connectivity index (χ3v) is 3.35. The molecule has 0 fully saturated rings. The van der Waals surface area contributed by atoms with Crippen LogP contribution in [0.4, 0.5) is 5.82 Å². The third kappa shape index (κ3) is 3.68. The highest BCUT2D eigenvalue weighted by Crippen LogP contribution is 2.31. The van der Waals surface area contributed by atoms with Crippen molar-refractivity contribution >= 4 is 21.7 Å². The summed E-state index contributed by atoms with van der Waals surface area (Å²) in [5.41, 5.74) is 1.06. The molecule has 0 aliphatic heterocycles. The monoisotopic (exact) mass is 337 g/mol. The van der Waals surface area contributed by atoms with Crippen LogP contribution in [-0.2, 0) is 6.42 Å². The van der Waals surface area contributed by atoms with Crippen molar-refractivity contribution in [3.63, 3.8) is 0 Å². The Labute approximate surface area is 126 Å². The van der Waals surface area contributed by atoms with Gasteiger partial charge in [0.05, 0.1) is 0 Å². The molecule has 0 spiro atoms. The Bertz CT molecular complexity index is 561. The topological polar surface area (TPSA) is 67.3 Å². The molecule has 1 aromatic carbocycles. The zero-order chi connectivity index (χ0) is 14.4. The minimum atomic E-state index is 0.143. The van der Waals surface area contributed by atoms with Crippen molar-refractivity contribution in [3.05, 3.63) is 40.6 Å². The van der Waals surface area contributed by atoms with Crippen LogP contribution in [0, 0.1) is 0 Å². The van der Waals surface area contributed by atoms with Crippen LogP contribution in [0.15, 0.2) is 35.1 Å². The van der Waals surface area contributed by atoms with Crippen LogP contribution >= 0.6 is 15.9 Å². The van der Waals surface area contributed by atoms with E-state index in [1.165, 1.54) is 6.33 Å². The molecule has 0 saturated heterocycles. The highest BCUT2D eigenvalue weighted by atomic mass is 79.9. The fourth-order valence-electron chi connectivity index (χ4n) is 1.68. The average Bonchev–Trinajstić information content (AvgIpc) is 2.46. The van der Waals surface area contributed by atoms with Gasteiger partial charge in [0.25, 0.3) is 0 Å². The predicted molar refractivity (Wildman–Crippen MR) is 81.2 cm³/mol. The van der Waals surface area contributed by atoms with Crippen LogP contribution in [0.1, 0.15) is 12.5 Å². The highest BCUT2D eigenvalue weighted by Gasteiger charge is 2.10. The van der Waals surface area contributed by atoms with Crippen molar-refractivity contribution < 1.29 is 9.84 Å². The fourth-order valence-corrected chi connectivity index (χ4v) is 2.11. The van der Waals surface area contributed by atoms with E-state index in [1.807, 2.05) is 31.2 Å². The normalized spacial score (nSPS) is 10.3. The van der Waals surface area contributed by atoms with Crippen LogP contribution in [0.3, 0.4) is 0 Å². The molecule has 2 rings (SSSR count). The number of benzene rings is 1. The Hall–Kier alpha value is -1.66. The maximum Gasteiger partial charge on any atom is 0.238 e. The number of nitrogens with zero attached hydrogens (tertiary/aromatic N) is 2. The van der Waals surface area contributed by atoms with Gasteiger partial charge in [-0.15, -0.1) is 0 Å². The summed E-state index contributed by atoms with van der Waals surface area (Å²) in [5.74, 6) is 1.86. The minimum absolute atomic E-state index is 0.143. The van der Waals surface area contributed by atoms with Gasteiger partial charge in [0.2, 0.25) is 5.88 Å². The quantitative estimate of drug-likeness (QED) is 0.848. The first-order valence-corrected chi connectivity index (χ1v) is 7.16. The number of halogens is 1. The van der Waals surface area contributed by atoms with E-state index in [-0.39, 0.29) is 6.61 Å². The molecule has 0 amide bonds. The first kappa shape index (κ1) is 14.7. The van der Waals surface area contributed by atoms with E-state index in [1.54, 1.807) is 0 Å². The second kappa shape index (κ2) is 7.21. The van der Waals surface area contributed by atoms with Gasteiger partial charge >= 0.3 is 0 Å². The van der Waals surface area contributed by atoms with Gasteiger partial charge in [-0.25, -0.2) is 9.97 Å². The molecule has 1 heterocycles. The number of ether oxygens (including phenoxy) is 1. The minimum Gasteiger partial charge on any atom is -0.438 e. The van der Waals surface area contributed by atoms with Gasteiger partial charge in [-0.05, 0) is 47.0 Å². The van der Waals surface area contributed by atoms with E-state index >= 15 is 0 Å². The number of hydrogen-bond donors (Lipinski definition) is 2. The molecule has 1 aromatic heterocycles. The number of nitrogens with one attached hydrogen (secondary N) is 1. The summed E-state index contributed by atoms with van der Waals surface area (Å²) in [4.78, 5) is 8.25. The Kier molecular flexibility index (Phi) is 5.31. The first-order valence-electron chi connectivity index (χ1n) is 6.36. The summed E-state index contributed by atoms with van der Waals surface area (Å²) in [5, 5.41) is 12.0. The van der Waals surface area contributed by atoms with Crippen LogP contribution < -0.4 is 10.1 Å². The molecule has 0 bridgehead atoms. The van der Waals surface area contributed by atoms with Gasteiger partial charge in [-0.3, -0.25) is 0 Å². The Morgan fingerprint density at radius 2 is 2.00 bits per heavy atom. The van der Waals surface area contributed by atoms with Gasteiger partial charge in [-0.1, -0.05) is 12.1 Å². The number of anilines is 1. The Morgan fingerprint density at radius 1 is 1.25 bits per heavy atom. The van der Waals surface area contributed by atoms with Gasteiger partial charge < -0.3 is 15.2 Å². The van der Waals surface area contributed by atoms with E-state index in [9.17, 15) is 0 Å². The number of aliphatic hydroxyl groups is 1. The summed E-state index contributed by atoms with van der Waals surface area (Å²) in [6.07, 6.45) is 2.10. The standard InChI is InChI=1S/C14H16BrN3O2/c1-2-16-13-12(15)14(18-9-17-13)20-11-5-3-10(4-6-11)7-8-19/h3-6,9,19H,2,7-8H2,1H3,(H,16,17,18). The molecular formula is C14H16BrN3O2. The number of aliphatic hydroxyl groups excluding tert-OH is 1. The maximum absolute atomic E-state index is 8.88. The van der Waals surface area contributed by atoms with Crippen LogP contribution in [0.25, 0.3) is 0 Å². The molecule has 0 atom stereocenters. The lowest BCUT2D eigenvalue weighted by Gasteiger charge is -2.10. The molecule has 5 nitrogen and oxygen atoms in total. The smallest absolute Gasteiger partial charge is 0.238 e. The van der Waals surface area contributed by atoms with E-state index in [0.717, 1.165) is 12.1 Å². The number of hydrogen-bond acceptors (Lipinski definition) is 5. The summed E-state index contributed by atoms with van der Waals surface area (Å²) in [7, 11) is 0. The fraction of sp³-hybridized carbons (Fsp3) is 0.286. The maximum atomic E-state index is 8.88. The zero-order valence-electron chi connectivity index (χ0n) is 11.1. The van der Waals surface area contributed by atoms with E-state index in [0.29, 0.717) is 28.3 Å².